The number of hydrogen-bond donors (Lipinski definition) is 0. The molecule has 0 saturated carbocycles. The van der Waals surface area contributed by atoms with Crippen molar-refractivity contribution in [3.63, 3.8) is 0 Å². The van der Waals surface area contributed by atoms with Crippen LogP contribution in [0.15, 0.2) is 53.4 Å². The first-order valence-electron chi connectivity index (χ1n) is 9.85. The molecule has 1 heterocycles. The van der Waals surface area contributed by atoms with Gasteiger partial charge in [0.15, 0.2) is 0 Å². The third-order valence-corrected chi connectivity index (χ3v) is 7.20. The first-order chi connectivity index (χ1) is 14.4. The zero-order chi connectivity index (χ0) is 21.7. The number of esters is 2. The molecule has 0 radical (unpaired) electrons. The summed E-state index contributed by atoms with van der Waals surface area (Å²) in [5.41, 5.74) is 1.15. The Kier molecular flexibility index (Phi) is 6.89. The third-order valence-electron chi connectivity index (χ3n) is 5.25. The van der Waals surface area contributed by atoms with Gasteiger partial charge in [0, 0.05) is 13.1 Å². The van der Waals surface area contributed by atoms with Crippen LogP contribution in [0.25, 0.3) is 0 Å². The number of carbonyl (C=O) groups is 2. The second-order valence-electron chi connectivity index (χ2n) is 7.08. The molecule has 0 aliphatic carbocycles. The second kappa shape index (κ2) is 9.40. The minimum atomic E-state index is -3.88. The topological polar surface area (TPSA) is 90.0 Å². The Hall–Kier alpha value is -2.71. The lowest BCUT2D eigenvalue weighted by atomic mass is 9.98. The van der Waals surface area contributed by atoms with Crippen LogP contribution in [0.4, 0.5) is 0 Å². The quantitative estimate of drug-likeness (QED) is 0.516. The fraction of sp³-hybridized carbons (Fsp3) is 0.364. The lowest BCUT2D eigenvalue weighted by molar-refractivity contribution is -0.140. The molecule has 30 heavy (non-hydrogen) atoms. The molecule has 160 valence electrons. The van der Waals surface area contributed by atoms with E-state index in [9.17, 15) is 18.0 Å². The molecule has 1 fully saturated rings. The molecule has 1 saturated heterocycles. The summed E-state index contributed by atoms with van der Waals surface area (Å²) in [5.74, 6) is -0.953. The van der Waals surface area contributed by atoms with Crippen LogP contribution in [-0.4, -0.2) is 44.9 Å². The Morgan fingerprint density at radius 2 is 1.67 bits per heavy atom. The van der Waals surface area contributed by atoms with E-state index in [1.165, 1.54) is 23.5 Å². The Labute approximate surface area is 176 Å². The van der Waals surface area contributed by atoms with Crippen molar-refractivity contribution in [3.8, 4) is 5.75 Å². The highest BCUT2D eigenvalue weighted by molar-refractivity contribution is 7.89. The first-order valence-corrected chi connectivity index (χ1v) is 11.3. The summed E-state index contributed by atoms with van der Waals surface area (Å²) < 4.78 is 37.6. The van der Waals surface area contributed by atoms with E-state index in [1.54, 1.807) is 24.3 Å². The number of piperidine rings is 1. The van der Waals surface area contributed by atoms with Crippen LogP contribution in [0.3, 0.4) is 0 Å². The second-order valence-corrected chi connectivity index (χ2v) is 8.99. The zero-order valence-electron chi connectivity index (χ0n) is 17.0. The van der Waals surface area contributed by atoms with Gasteiger partial charge in [0.05, 0.1) is 23.5 Å². The molecule has 2 aromatic rings. The number of ether oxygens (including phenoxy) is 2. The number of benzene rings is 2. The number of aryl methyl sites for hydroxylation is 1. The van der Waals surface area contributed by atoms with Gasteiger partial charge in [-0.05, 0) is 49.1 Å². The van der Waals surface area contributed by atoms with Crippen LogP contribution in [0.2, 0.25) is 0 Å². The van der Waals surface area contributed by atoms with Gasteiger partial charge in [0.1, 0.15) is 5.75 Å². The highest BCUT2D eigenvalue weighted by Crippen LogP contribution is 2.27. The van der Waals surface area contributed by atoms with Crippen LogP contribution in [-0.2, 0) is 26.0 Å². The lowest BCUT2D eigenvalue weighted by Crippen LogP contribution is -2.41. The zero-order valence-corrected chi connectivity index (χ0v) is 17.9. The van der Waals surface area contributed by atoms with Crippen LogP contribution in [0.1, 0.15) is 35.7 Å². The third kappa shape index (κ3) is 4.71. The van der Waals surface area contributed by atoms with Gasteiger partial charge in [-0.3, -0.25) is 4.79 Å². The summed E-state index contributed by atoms with van der Waals surface area (Å²) in [7, 11) is -2.68. The van der Waals surface area contributed by atoms with Crippen LogP contribution in [0.5, 0.6) is 5.75 Å². The van der Waals surface area contributed by atoms with Gasteiger partial charge in [-0.2, -0.15) is 4.31 Å². The maximum Gasteiger partial charge on any atom is 0.339 e. The summed E-state index contributed by atoms with van der Waals surface area (Å²) in [6, 6.07) is 13.3. The summed E-state index contributed by atoms with van der Waals surface area (Å²) in [6.45, 7) is 2.39. The first kappa shape index (κ1) is 22.0. The Bertz CT molecular complexity index is 1010. The molecule has 1 aliphatic heterocycles. The molecule has 1 aliphatic rings. The Balaban J connectivity index is 1.66. The van der Waals surface area contributed by atoms with Gasteiger partial charge >= 0.3 is 11.9 Å². The molecule has 0 aromatic heterocycles. The number of methoxy groups -OCH3 is 1. The normalized spacial score (nSPS) is 15.5. The number of rotatable bonds is 6. The Morgan fingerprint density at radius 1 is 1.03 bits per heavy atom. The Morgan fingerprint density at radius 3 is 2.27 bits per heavy atom. The molecule has 2 aromatic carbocycles. The fourth-order valence-electron chi connectivity index (χ4n) is 3.43. The number of carbonyl (C=O) groups excluding carboxylic acids is 2. The van der Waals surface area contributed by atoms with E-state index < -0.39 is 16.0 Å². The van der Waals surface area contributed by atoms with E-state index in [-0.39, 0.29) is 35.4 Å². The molecule has 0 spiro atoms. The van der Waals surface area contributed by atoms with E-state index >= 15 is 0 Å². The van der Waals surface area contributed by atoms with Crippen molar-refractivity contribution in [2.24, 2.45) is 5.92 Å². The van der Waals surface area contributed by atoms with Crippen molar-refractivity contribution in [1.82, 2.24) is 4.31 Å². The largest absolute Gasteiger partial charge is 0.465 e. The standard InChI is InChI=1S/C22H25NO6S/c1-3-16-8-10-18(11-9-16)29-21(24)17-12-14-23(15-13-17)30(26,27)20-7-5-4-6-19(20)22(25)28-2/h4-11,17H,3,12-15H2,1-2H3. The molecule has 3 rings (SSSR count). The van der Waals surface area contributed by atoms with Gasteiger partial charge in [-0.25, -0.2) is 13.2 Å². The average molecular weight is 432 g/mol. The van der Waals surface area contributed by atoms with Crippen LogP contribution >= 0.6 is 0 Å². The molecule has 0 bridgehead atoms. The van der Waals surface area contributed by atoms with Crippen molar-refractivity contribution < 1.29 is 27.5 Å². The van der Waals surface area contributed by atoms with Crippen molar-refractivity contribution in [2.75, 3.05) is 20.2 Å². The monoisotopic (exact) mass is 431 g/mol. The molecular weight excluding hydrogens is 406 g/mol. The minimum absolute atomic E-state index is 0.00272. The molecule has 0 N–H and O–H groups in total. The van der Waals surface area contributed by atoms with Gasteiger partial charge in [-0.1, -0.05) is 31.2 Å². The summed E-state index contributed by atoms with van der Waals surface area (Å²) >= 11 is 0. The number of sulfonamides is 1. The molecule has 0 amide bonds. The van der Waals surface area contributed by atoms with Crippen molar-refractivity contribution in [2.45, 2.75) is 31.1 Å². The summed E-state index contributed by atoms with van der Waals surface area (Å²) in [4.78, 5) is 24.3. The van der Waals surface area contributed by atoms with Crippen molar-refractivity contribution >= 4 is 22.0 Å². The SMILES string of the molecule is CCc1ccc(OC(=O)C2CCN(S(=O)(=O)c3ccccc3C(=O)OC)CC2)cc1. The van der Waals surface area contributed by atoms with Gasteiger partial charge < -0.3 is 9.47 Å². The van der Waals surface area contributed by atoms with Crippen LogP contribution < -0.4 is 4.74 Å². The molecule has 0 unspecified atom stereocenters. The van der Waals surface area contributed by atoms with E-state index in [1.807, 2.05) is 19.1 Å². The number of nitrogens with zero attached hydrogens (tertiary/aromatic N) is 1. The predicted octanol–water partition coefficient (Wildman–Crippen LogP) is 3.04. The number of hydrogen-bond acceptors (Lipinski definition) is 6. The van der Waals surface area contributed by atoms with E-state index in [0.717, 1.165) is 12.0 Å². The van der Waals surface area contributed by atoms with Gasteiger partial charge in [0.25, 0.3) is 0 Å². The van der Waals surface area contributed by atoms with E-state index in [2.05, 4.69) is 0 Å². The van der Waals surface area contributed by atoms with Crippen molar-refractivity contribution in [1.29, 1.82) is 0 Å². The van der Waals surface area contributed by atoms with E-state index in [4.69, 9.17) is 9.47 Å². The average Bonchev–Trinajstić information content (AvgIpc) is 2.79. The van der Waals surface area contributed by atoms with Gasteiger partial charge in [0.2, 0.25) is 10.0 Å². The van der Waals surface area contributed by atoms with Crippen molar-refractivity contribution in [3.05, 3.63) is 59.7 Å². The van der Waals surface area contributed by atoms with E-state index in [0.29, 0.717) is 18.6 Å². The summed E-state index contributed by atoms with van der Waals surface area (Å²) in [6.07, 6.45) is 1.61. The molecule has 0 atom stereocenters. The predicted molar refractivity (Wildman–Crippen MR) is 111 cm³/mol. The maximum atomic E-state index is 13.1. The molecule has 7 nitrogen and oxygen atoms in total. The minimum Gasteiger partial charge on any atom is -0.465 e. The maximum absolute atomic E-state index is 13.1. The van der Waals surface area contributed by atoms with Gasteiger partial charge in [-0.15, -0.1) is 0 Å². The summed E-state index contributed by atoms with van der Waals surface area (Å²) in [5, 5.41) is 0. The lowest BCUT2D eigenvalue weighted by Gasteiger charge is -2.30. The highest BCUT2D eigenvalue weighted by Gasteiger charge is 2.35. The molecular formula is C22H25NO6S. The van der Waals surface area contributed by atoms with Crippen LogP contribution in [0, 0.1) is 5.92 Å². The molecule has 8 heteroatoms. The highest BCUT2D eigenvalue weighted by atomic mass is 32.2. The fourth-order valence-corrected chi connectivity index (χ4v) is 5.08. The smallest absolute Gasteiger partial charge is 0.339 e.